The molecule has 2 aliphatic rings. The minimum Gasteiger partial charge on any atom is -0.355 e. The first-order valence-electron chi connectivity index (χ1n) is 7.91. The Morgan fingerprint density at radius 1 is 1.57 bits per heavy atom. The molecule has 1 aromatic rings. The molecule has 1 aromatic heterocycles. The fourth-order valence-electron chi connectivity index (χ4n) is 4.19. The van der Waals surface area contributed by atoms with Gasteiger partial charge in [-0.15, -0.1) is 0 Å². The van der Waals surface area contributed by atoms with Crippen molar-refractivity contribution >= 4 is 5.91 Å². The number of hydrogen-bond acceptors (Lipinski definition) is 2. The summed E-state index contributed by atoms with van der Waals surface area (Å²) in [7, 11) is 0. The second kappa shape index (κ2) is 5.00. The molecular weight excluding hydrogens is 262 g/mol. The van der Waals surface area contributed by atoms with Gasteiger partial charge in [0.2, 0.25) is 5.91 Å². The Kier molecular flexibility index (Phi) is 3.42. The van der Waals surface area contributed by atoms with E-state index in [1.807, 2.05) is 17.1 Å². The maximum atomic E-state index is 12.7. The summed E-state index contributed by atoms with van der Waals surface area (Å²) in [5.41, 5.74) is 0.980. The summed E-state index contributed by atoms with van der Waals surface area (Å²) in [4.78, 5) is 16.7. The number of carbonyl (C=O) groups excluding carboxylic acids is 1. The van der Waals surface area contributed by atoms with E-state index < -0.39 is 0 Å². The number of rotatable bonds is 5. The van der Waals surface area contributed by atoms with Gasteiger partial charge in [0.05, 0.1) is 11.7 Å². The first kappa shape index (κ1) is 14.4. The average Bonchev–Trinajstić information content (AvgIpc) is 3.14. The van der Waals surface area contributed by atoms with Crippen LogP contribution < -0.4 is 5.32 Å². The zero-order chi connectivity index (χ0) is 15.1. The van der Waals surface area contributed by atoms with Crippen LogP contribution in [0.2, 0.25) is 0 Å². The van der Waals surface area contributed by atoms with E-state index in [2.05, 4.69) is 30.7 Å². The summed E-state index contributed by atoms with van der Waals surface area (Å²) in [5, 5.41) is 3.14. The predicted octanol–water partition coefficient (Wildman–Crippen LogP) is 2.77. The molecule has 1 N–H and O–H groups in total. The fourth-order valence-corrected chi connectivity index (χ4v) is 4.19. The van der Waals surface area contributed by atoms with Crippen molar-refractivity contribution in [3.05, 3.63) is 30.9 Å². The highest BCUT2D eigenvalue weighted by molar-refractivity contribution is 5.87. The summed E-state index contributed by atoms with van der Waals surface area (Å²) in [6, 6.07) is 0. The van der Waals surface area contributed by atoms with E-state index in [0.29, 0.717) is 5.92 Å². The lowest BCUT2D eigenvalue weighted by atomic mass is 9.68. The number of nitrogens with zero attached hydrogens (tertiary/aromatic N) is 2. The van der Waals surface area contributed by atoms with E-state index in [1.165, 1.54) is 0 Å². The zero-order valence-electron chi connectivity index (χ0n) is 13.1. The Balaban J connectivity index is 1.55. The Bertz CT molecular complexity index is 546. The van der Waals surface area contributed by atoms with Crippen LogP contribution in [0.1, 0.15) is 39.5 Å². The van der Waals surface area contributed by atoms with Crippen molar-refractivity contribution in [3.63, 3.8) is 0 Å². The number of imidazole rings is 1. The first-order valence-corrected chi connectivity index (χ1v) is 7.91. The molecular formula is C17H25N3O. The molecule has 1 amide bonds. The van der Waals surface area contributed by atoms with E-state index in [0.717, 1.165) is 44.3 Å². The van der Waals surface area contributed by atoms with Crippen molar-refractivity contribution in [2.45, 2.75) is 46.1 Å². The van der Waals surface area contributed by atoms with Crippen LogP contribution in [-0.2, 0) is 11.3 Å². The molecule has 21 heavy (non-hydrogen) atoms. The number of hydrogen-bond donors (Lipinski definition) is 1. The van der Waals surface area contributed by atoms with E-state index >= 15 is 0 Å². The van der Waals surface area contributed by atoms with Gasteiger partial charge in [0, 0.05) is 25.5 Å². The van der Waals surface area contributed by atoms with Gasteiger partial charge in [-0.1, -0.05) is 26.0 Å². The fraction of sp³-hybridized carbons (Fsp3) is 0.647. The van der Waals surface area contributed by atoms with Gasteiger partial charge in [0.25, 0.3) is 0 Å². The molecule has 4 heteroatoms. The van der Waals surface area contributed by atoms with Gasteiger partial charge in [-0.3, -0.25) is 4.79 Å². The maximum absolute atomic E-state index is 12.7. The van der Waals surface area contributed by atoms with Crippen molar-refractivity contribution in [1.82, 2.24) is 14.9 Å². The smallest absolute Gasteiger partial charge is 0.230 e. The topological polar surface area (TPSA) is 46.9 Å². The lowest BCUT2D eigenvalue weighted by Gasteiger charge is -2.37. The van der Waals surface area contributed by atoms with Gasteiger partial charge in [0.1, 0.15) is 0 Å². The van der Waals surface area contributed by atoms with Crippen molar-refractivity contribution in [3.8, 4) is 0 Å². The molecule has 0 unspecified atom stereocenters. The minimum absolute atomic E-state index is 0.117. The number of carbonyl (C=O) groups is 1. The molecule has 2 atom stereocenters. The molecule has 114 valence electrons. The number of aromatic nitrogens is 2. The van der Waals surface area contributed by atoms with Crippen LogP contribution in [0.3, 0.4) is 0 Å². The molecule has 0 aromatic carbocycles. The Morgan fingerprint density at radius 3 is 3.00 bits per heavy atom. The van der Waals surface area contributed by atoms with E-state index in [-0.39, 0.29) is 16.7 Å². The van der Waals surface area contributed by atoms with Crippen LogP contribution >= 0.6 is 0 Å². The molecule has 2 fully saturated rings. The normalized spacial score (nSPS) is 29.8. The Morgan fingerprint density at radius 2 is 2.38 bits per heavy atom. The highest BCUT2D eigenvalue weighted by Crippen LogP contribution is 2.65. The Hall–Kier alpha value is -1.58. The second-order valence-electron chi connectivity index (χ2n) is 7.13. The first-order chi connectivity index (χ1) is 9.97. The third kappa shape index (κ3) is 2.21. The summed E-state index contributed by atoms with van der Waals surface area (Å²) in [6.07, 6.45) is 9.60. The van der Waals surface area contributed by atoms with Crippen molar-refractivity contribution in [1.29, 1.82) is 0 Å². The van der Waals surface area contributed by atoms with Gasteiger partial charge in [-0.05, 0) is 37.0 Å². The zero-order valence-corrected chi connectivity index (χ0v) is 13.1. The number of amides is 1. The molecule has 0 aliphatic heterocycles. The van der Waals surface area contributed by atoms with Gasteiger partial charge < -0.3 is 9.88 Å². The molecule has 2 aliphatic carbocycles. The van der Waals surface area contributed by atoms with Crippen LogP contribution in [0.15, 0.2) is 30.9 Å². The Labute approximate surface area is 126 Å². The van der Waals surface area contributed by atoms with Crippen molar-refractivity contribution < 1.29 is 4.79 Å². The number of nitrogens with one attached hydrogen (secondary N) is 1. The monoisotopic (exact) mass is 287 g/mol. The SMILES string of the molecule is C=C1C(C)(C)[C@@H]2CC[C@@]1(C(=O)NCCCn1ccnc1)C2. The summed E-state index contributed by atoms with van der Waals surface area (Å²) < 4.78 is 2.04. The third-order valence-corrected chi connectivity index (χ3v) is 5.76. The summed E-state index contributed by atoms with van der Waals surface area (Å²) in [6.45, 7) is 10.4. The lowest BCUT2D eigenvalue weighted by Crippen LogP contribution is -2.42. The van der Waals surface area contributed by atoms with Crippen LogP contribution in [0.25, 0.3) is 0 Å². The van der Waals surface area contributed by atoms with E-state index in [4.69, 9.17) is 0 Å². The quantitative estimate of drug-likeness (QED) is 0.668. The molecule has 0 spiro atoms. The molecule has 0 saturated heterocycles. The van der Waals surface area contributed by atoms with Gasteiger partial charge in [-0.25, -0.2) is 4.98 Å². The van der Waals surface area contributed by atoms with Crippen LogP contribution in [0.4, 0.5) is 0 Å². The summed E-state index contributed by atoms with van der Waals surface area (Å²) >= 11 is 0. The third-order valence-electron chi connectivity index (χ3n) is 5.76. The van der Waals surface area contributed by atoms with Crippen molar-refractivity contribution in [2.75, 3.05) is 6.54 Å². The maximum Gasteiger partial charge on any atom is 0.230 e. The summed E-state index contributed by atoms with van der Waals surface area (Å²) in [5.74, 6) is 0.827. The average molecular weight is 287 g/mol. The molecule has 2 saturated carbocycles. The van der Waals surface area contributed by atoms with E-state index in [1.54, 1.807) is 6.20 Å². The van der Waals surface area contributed by atoms with E-state index in [9.17, 15) is 4.79 Å². The van der Waals surface area contributed by atoms with Gasteiger partial charge in [0.15, 0.2) is 0 Å². The standard InChI is InChI=1S/C17H25N3O/c1-13-16(2,3)14-5-6-17(13,11-14)15(21)19-7-4-9-20-10-8-18-12-20/h8,10,12,14H,1,4-7,9,11H2,2-3H3,(H,19,21)/t14-,17-/m1/s1. The van der Waals surface area contributed by atoms with Crippen molar-refractivity contribution in [2.24, 2.45) is 16.7 Å². The van der Waals surface area contributed by atoms with Crippen LogP contribution in [0, 0.1) is 16.7 Å². The minimum atomic E-state index is -0.289. The molecule has 0 radical (unpaired) electrons. The lowest BCUT2D eigenvalue weighted by molar-refractivity contribution is -0.128. The van der Waals surface area contributed by atoms with Crippen LogP contribution in [-0.4, -0.2) is 22.0 Å². The molecule has 3 rings (SSSR count). The highest BCUT2D eigenvalue weighted by atomic mass is 16.2. The van der Waals surface area contributed by atoms with Gasteiger partial charge >= 0.3 is 0 Å². The van der Waals surface area contributed by atoms with Gasteiger partial charge in [-0.2, -0.15) is 0 Å². The molecule has 2 bridgehead atoms. The highest BCUT2D eigenvalue weighted by Gasteiger charge is 2.60. The second-order valence-corrected chi connectivity index (χ2v) is 7.13. The molecule has 1 heterocycles. The largest absolute Gasteiger partial charge is 0.355 e. The molecule has 4 nitrogen and oxygen atoms in total. The number of aryl methyl sites for hydroxylation is 1. The van der Waals surface area contributed by atoms with Crippen LogP contribution in [0.5, 0.6) is 0 Å². The number of fused-ring (bicyclic) bond motifs is 2. The predicted molar refractivity (Wildman–Crippen MR) is 82.5 cm³/mol.